The fraction of sp³-hybridized carbons (Fsp3) is 0.350. The molecule has 0 saturated heterocycles. The molecule has 0 atom stereocenters. The van der Waals surface area contributed by atoms with Crippen molar-refractivity contribution in [2.75, 3.05) is 19.8 Å². The van der Waals surface area contributed by atoms with Gasteiger partial charge in [0.2, 0.25) is 5.91 Å². The van der Waals surface area contributed by atoms with Crippen molar-refractivity contribution in [1.82, 2.24) is 4.90 Å². The van der Waals surface area contributed by atoms with E-state index < -0.39 is 23.4 Å². The highest BCUT2D eigenvalue weighted by Gasteiger charge is 2.24. The lowest BCUT2D eigenvalue weighted by molar-refractivity contribution is -0.147. The molecule has 6 heteroatoms. The summed E-state index contributed by atoms with van der Waals surface area (Å²) in [5.74, 6) is -2.25. The summed E-state index contributed by atoms with van der Waals surface area (Å²) < 4.78 is 9.71. The minimum absolute atomic E-state index is 0.0866. The van der Waals surface area contributed by atoms with Crippen molar-refractivity contribution < 1.29 is 23.9 Å². The number of benzene rings is 1. The molecule has 1 rings (SSSR count). The number of carbonyl (C=O) groups excluding carboxylic acids is 3. The quantitative estimate of drug-likeness (QED) is 0.223. The molecule has 0 N–H and O–H groups in total. The van der Waals surface area contributed by atoms with E-state index in [0.717, 1.165) is 17.2 Å². The van der Waals surface area contributed by atoms with Crippen molar-refractivity contribution >= 4 is 17.8 Å². The second-order valence-electron chi connectivity index (χ2n) is 5.64. The monoisotopic (exact) mass is 359 g/mol. The number of hydrogen-bond acceptors (Lipinski definition) is 5. The van der Waals surface area contributed by atoms with Crippen molar-refractivity contribution in [2.45, 2.75) is 27.3 Å². The van der Waals surface area contributed by atoms with Gasteiger partial charge in [-0.3, -0.25) is 4.79 Å². The molecular formula is C20H25NO5. The zero-order valence-corrected chi connectivity index (χ0v) is 15.5. The Balaban J connectivity index is 3.11. The average molecular weight is 359 g/mol. The Labute approximate surface area is 154 Å². The predicted octanol–water partition coefficient (Wildman–Crippen LogP) is 2.64. The van der Waals surface area contributed by atoms with Gasteiger partial charge in [-0.05, 0) is 26.3 Å². The fourth-order valence-electron chi connectivity index (χ4n) is 2.18. The van der Waals surface area contributed by atoms with E-state index in [1.54, 1.807) is 20.8 Å². The van der Waals surface area contributed by atoms with Gasteiger partial charge < -0.3 is 14.4 Å². The summed E-state index contributed by atoms with van der Waals surface area (Å²) in [6.45, 7) is 9.65. The number of amides is 1. The Morgan fingerprint density at radius 2 is 1.58 bits per heavy atom. The van der Waals surface area contributed by atoms with Gasteiger partial charge in [-0.25, -0.2) is 9.59 Å². The van der Waals surface area contributed by atoms with Gasteiger partial charge in [-0.1, -0.05) is 42.5 Å². The SMILES string of the molecule is C=C(C)CN(Cc1ccccc1)C(=O)C=C(C(=O)OCC)C(=O)OCC. The van der Waals surface area contributed by atoms with Gasteiger partial charge in [0.25, 0.3) is 0 Å². The van der Waals surface area contributed by atoms with Crippen LogP contribution in [0, 0.1) is 0 Å². The molecule has 26 heavy (non-hydrogen) atoms. The average Bonchev–Trinajstić information content (AvgIpc) is 2.59. The summed E-state index contributed by atoms with van der Waals surface area (Å²) in [4.78, 5) is 38.2. The van der Waals surface area contributed by atoms with Gasteiger partial charge in [-0.15, -0.1) is 0 Å². The van der Waals surface area contributed by atoms with Gasteiger partial charge >= 0.3 is 11.9 Å². The molecule has 0 aromatic heterocycles. The first-order valence-corrected chi connectivity index (χ1v) is 8.42. The fourth-order valence-corrected chi connectivity index (χ4v) is 2.18. The van der Waals surface area contributed by atoms with E-state index in [-0.39, 0.29) is 13.2 Å². The largest absolute Gasteiger partial charge is 0.462 e. The van der Waals surface area contributed by atoms with Crippen LogP contribution in [0.3, 0.4) is 0 Å². The van der Waals surface area contributed by atoms with Crippen molar-refractivity contribution in [1.29, 1.82) is 0 Å². The lowest BCUT2D eigenvalue weighted by Crippen LogP contribution is -2.32. The van der Waals surface area contributed by atoms with Crippen LogP contribution < -0.4 is 0 Å². The van der Waals surface area contributed by atoms with Gasteiger partial charge in [0.15, 0.2) is 0 Å². The normalized spacial score (nSPS) is 9.81. The minimum atomic E-state index is -0.880. The molecule has 1 aromatic rings. The molecular weight excluding hydrogens is 334 g/mol. The minimum Gasteiger partial charge on any atom is -0.462 e. The van der Waals surface area contributed by atoms with Crippen LogP contribution in [0.4, 0.5) is 0 Å². The molecule has 0 aliphatic rings. The molecule has 0 unspecified atom stereocenters. The molecule has 0 bridgehead atoms. The lowest BCUT2D eigenvalue weighted by Gasteiger charge is -2.22. The molecule has 0 aliphatic heterocycles. The van der Waals surface area contributed by atoms with E-state index in [9.17, 15) is 14.4 Å². The maximum Gasteiger partial charge on any atom is 0.345 e. The topological polar surface area (TPSA) is 72.9 Å². The van der Waals surface area contributed by atoms with Gasteiger partial charge in [0, 0.05) is 19.2 Å². The smallest absolute Gasteiger partial charge is 0.345 e. The number of carbonyl (C=O) groups is 3. The van der Waals surface area contributed by atoms with Crippen LogP contribution in [0.2, 0.25) is 0 Å². The molecule has 140 valence electrons. The molecule has 0 radical (unpaired) electrons. The van der Waals surface area contributed by atoms with Crippen LogP contribution in [0.1, 0.15) is 26.3 Å². The summed E-state index contributed by atoms with van der Waals surface area (Å²) in [6.07, 6.45) is 0.974. The van der Waals surface area contributed by atoms with E-state index in [0.29, 0.717) is 13.1 Å². The van der Waals surface area contributed by atoms with E-state index in [2.05, 4.69) is 6.58 Å². The third-order valence-corrected chi connectivity index (χ3v) is 3.25. The third-order valence-electron chi connectivity index (χ3n) is 3.25. The molecule has 0 fully saturated rings. The second kappa shape index (κ2) is 10.9. The maximum absolute atomic E-state index is 12.7. The highest BCUT2D eigenvalue weighted by Crippen LogP contribution is 2.10. The molecule has 6 nitrogen and oxygen atoms in total. The predicted molar refractivity (Wildman–Crippen MR) is 98.0 cm³/mol. The summed E-state index contributed by atoms with van der Waals surface area (Å²) >= 11 is 0. The van der Waals surface area contributed by atoms with Gasteiger partial charge in [-0.2, -0.15) is 0 Å². The molecule has 0 aliphatic carbocycles. The van der Waals surface area contributed by atoms with Crippen LogP contribution in [-0.4, -0.2) is 42.5 Å². The number of ether oxygens (including phenoxy) is 2. The molecule has 1 amide bonds. The van der Waals surface area contributed by atoms with Crippen molar-refractivity contribution in [3.05, 3.63) is 59.7 Å². The Morgan fingerprint density at radius 1 is 1.04 bits per heavy atom. The van der Waals surface area contributed by atoms with Crippen LogP contribution in [-0.2, 0) is 30.4 Å². The van der Waals surface area contributed by atoms with Crippen LogP contribution in [0.5, 0.6) is 0 Å². The summed E-state index contributed by atoms with van der Waals surface area (Å²) in [5, 5.41) is 0. The Morgan fingerprint density at radius 3 is 2.04 bits per heavy atom. The highest BCUT2D eigenvalue weighted by atomic mass is 16.6. The zero-order chi connectivity index (χ0) is 19.5. The molecule has 0 saturated carbocycles. The first-order chi connectivity index (χ1) is 12.4. The Kier molecular flexibility index (Phi) is 8.84. The van der Waals surface area contributed by atoms with Crippen molar-refractivity contribution in [2.24, 2.45) is 0 Å². The standard InChI is InChI=1S/C20H25NO5/c1-5-25-19(23)17(20(24)26-6-2)12-18(22)21(13-15(3)4)14-16-10-8-7-9-11-16/h7-12H,3,5-6,13-14H2,1-2,4H3. The van der Waals surface area contributed by atoms with E-state index in [4.69, 9.17) is 9.47 Å². The number of hydrogen-bond donors (Lipinski definition) is 0. The van der Waals surface area contributed by atoms with Crippen molar-refractivity contribution in [3.8, 4) is 0 Å². The molecule has 0 heterocycles. The van der Waals surface area contributed by atoms with E-state index in [1.165, 1.54) is 4.90 Å². The zero-order valence-electron chi connectivity index (χ0n) is 15.5. The summed E-state index contributed by atoms with van der Waals surface area (Å²) in [5.41, 5.74) is 1.28. The Hall–Kier alpha value is -2.89. The first-order valence-electron chi connectivity index (χ1n) is 8.42. The maximum atomic E-state index is 12.7. The van der Waals surface area contributed by atoms with Crippen LogP contribution >= 0.6 is 0 Å². The van der Waals surface area contributed by atoms with Crippen LogP contribution in [0.15, 0.2) is 54.1 Å². The molecule has 1 aromatic carbocycles. The Bertz CT molecular complexity index is 659. The molecule has 0 spiro atoms. The third kappa shape index (κ3) is 6.93. The van der Waals surface area contributed by atoms with Gasteiger partial charge in [0.05, 0.1) is 13.2 Å². The summed E-state index contributed by atoms with van der Waals surface area (Å²) in [6, 6.07) is 9.41. The highest BCUT2D eigenvalue weighted by molar-refractivity contribution is 6.17. The number of nitrogens with zero attached hydrogens (tertiary/aromatic N) is 1. The van der Waals surface area contributed by atoms with E-state index in [1.807, 2.05) is 30.3 Å². The second-order valence-corrected chi connectivity index (χ2v) is 5.64. The number of rotatable bonds is 9. The summed E-state index contributed by atoms with van der Waals surface area (Å²) in [7, 11) is 0. The van der Waals surface area contributed by atoms with Crippen molar-refractivity contribution in [3.63, 3.8) is 0 Å². The van der Waals surface area contributed by atoms with Crippen LogP contribution in [0.25, 0.3) is 0 Å². The number of esters is 2. The van der Waals surface area contributed by atoms with Gasteiger partial charge in [0.1, 0.15) is 5.57 Å². The first kappa shape index (κ1) is 21.2. The van der Waals surface area contributed by atoms with E-state index >= 15 is 0 Å². The lowest BCUT2D eigenvalue weighted by atomic mass is 10.1.